The zero-order chi connectivity index (χ0) is 33.3. The molecule has 0 heterocycles. The van der Waals surface area contributed by atoms with Gasteiger partial charge in [-0.25, -0.2) is 9.59 Å². The lowest BCUT2D eigenvalue weighted by Gasteiger charge is -2.24. The fourth-order valence-electron chi connectivity index (χ4n) is 5.10. The van der Waals surface area contributed by atoms with Crippen LogP contribution in [0.1, 0.15) is 56.2 Å². The van der Waals surface area contributed by atoms with Crippen molar-refractivity contribution in [2.45, 2.75) is 58.0 Å². The molecule has 1 aliphatic carbocycles. The van der Waals surface area contributed by atoms with Crippen molar-refractivity contribution in [2.24, 2.45) is 0 Å². The zero-order valence-corrected chi connectivity index (χ0v) is 26.7. The second-order valence-electron chi connectivity index (χ2n) is 11.8. The lowest BCUT2D eigenvalue weighted by molar-refractivity contribution is -0.274. The molecule has 1 N–H and O–H groups in total. The van der Waals surface area contributed by atoms with Gasteiger partial charge in [-0.05, 0) is 73.6 Å². The highest BCUT2D eigenvalue weighted by Gasteiger charge is 2.32. The van der Waals surface area contributed by atoms with E-state index in [0.29, 0.717) is 31.6 Å². The van der Waals surface area contributed by atoms with Crippen molar-refractivity contribution in [3.63, 3.8) is 0 Å². The first-order valence-electron chi connectivity index (χ1n) is 15.0. The van der Waals surface area contributed by atoms with Crippen LogP contribution in [0.25, 0.3) is 11.1 Å². The van der Waals surface area contributed by atoms with Crippen molar-refractivity contribution >= 4 is 23.8 Å². The smallest absolute Gasteiger partial charge is 0.448 e. The average Bonchev–Trinajstić information content (AvgIpc) is 3.30. The standard InChI is InChI=1S/C34H38ClF3N2O6/c1-33(2,3)46-31(41)39-16-8-9-18-43-19-17-40(21-23-14-15-30(29(35)20-23)45-34(36,37)38)32(42)44-22-28-26-12-6-4-10-24(26)25-11-5-7-13-27(25)28/h4-7,10-15,20,28H,8-9,16-19,21-22H2,1-3H3,(H,39,41). The topological polar surface area (TPSA) is 86.3 Å². The fraction of sp³-hybridized carbons (Fsp3) is 0.412. The summed E-state index contributed by atoms with van der Waals surface area (Å²) in [6.45, 7) is 6.66. The number of amides is 2. The van der Waals surface area contributed by atoms with Gasteiger partial charge in [0.2, 0.25) is 0 Å². The van der Waals surface area contributed by atoms with E-state index in [0.717, 1.165) is 28.3 Å². The molecule has 2 amide bonds. The largest absolute Gasteiger partial charge is 0.573 e. The van der Waals surface area contributed by atoms with Crippen LogP contribution >= 0.6 is 11.6 Å². The number of alkyl halides is 3. The van der Waals surface area contributed by atoms with Crippen molar-refractivity contribution in [3.05, 3.63) is 88.4 Å². The SMILES string of the molecule is CC(C)(C)OC(=O)NCCCCOCCN(Cc1ccc(OC(F)(F)F)c(Cl)c1)C(=O)OCC1c2ccccc2-c2ccccc21. The van der Waals surface area contributed by atoms with E-state index in [1.807, 2.05) is 48.5 Å². The van der Waals surface area contributed by atoms with E-state index in [2.05, 4.69) is 10.1 Å². The molecule has 46 heavy (non-hydrogen) atoms. The van der Waals surface area contributed by atoms with Crippen molar-refractivity contribution in [1.29, 1.82) is 0 Å². The van der Waals surface area contributed by atoms with Gasteiger partial charge in [0.1, 0.15) is 18.0 Å². The predicted molar refractivity (Wildman–Crippen MR) is 168 cm³/mol. The maximum atomic E-state index is 13.4. The predicted octanol–water partition coefficient (Wildman–Crippen LogP) is 8.31. The highest BCUT2D eigenvalue weighted by molar-refractivity contribution is 6.32. The van der Waals surface area contributed by atoms with Gasteiger partial charge in [-0.15, -0.1) is 13.2 Å². The number of alkyl carbamates (subject to hydrolysis) is 1. The number of nitrogens with zero attached hydrogens (tertiary/aromatic N) is 1. The summed E-state index contributed by atoms with van der Waals surface area (Å²) in [6, 6.07) is 19.8. The molecule has 4 rings (SSSR count). The van der Waals surface area contributed by atoms with E-state index in [1.165, 1.54) is 17.0 Å². The summed E-state index contributed by atoms with van der Waals surface area (Å²) in [5.74, 6) is -0.674. The van der Waals surface area contributed by atoms with Gasteiger partial charge in [-0.2, -0.15) is 0 Å². The number of benzene rings is 3. The molecule has 0 bridgehead atoms. The van der Waals surface area contributed by atoms with Gasteiger partial charge in [0.15, 0.2) is 0 Å². The Morgan fingerprint density at radius 2 is 1.57 bits per heavy atom. The number of carbonyl (C=O) groups is 2. The number of unbranched alkanes of at least 4 members (excludes halogenated alkanes) is 1. The first-order valence-corrected chi connectivity index (χ1v) is 15.4. The third kappa shape index (κ3) is 10.3. The van der Waals surface area contributed by atoms with Crippen LogP contribution in [-0.4, -0.2) is 62.0 Å². The number of rotatable bonds is 13. The summed E-state index contributed by atoms with van der Waals surface area (Å²) in [7, 11) is 0. The van der Waals surface area contributed by atoms with E-state index >= 15 is 0 Å². The summed E-state index contributed by atoms with van der Waals surface area (Å²) < 4.78 is 58.9. The molecule has 0 aliphatic heterocycles. The minimum absolute atomic E-state index is 0.0197. The Morgan fingerprint density at radius 3 is 2.17 bits per heavy atom. The third-order valence-corrected chi connectivity index (χ3v) is 7.37. The molecule has 248 valence electrons. The van der Waals surface area contributed by atoms with Gasteiger partial charge < -0.3 is 29.2 Å². The number of carbonyl (C=O) groups excluding carboxylic acids is 2. The molecule has 3 aromatic carbocycles. The molecule has 8 nitrogen and oxygen atoms in total. The highest BCUT2D eigenvalue weighted by atomic mass is 35.5. The van der Waals surface area contributed by atoms with Crippen LogP contribution < -0.4 is 10.1 Å². The summed E-state index contributed by atoms with van der Waals surface area (Å²) in [6.07, 6.45) is -4.64. The van der Waals surface area contributed by atoms with Crippen LogP contribution in [0.4, 0.5) is 22.8 Å². The van der Waals surface area contributed by atoms with Gasteiger partial charge in [0.05, 0.1) is 11.6 Å². The number of ether oxygens (including phenoxy) is 4. The second-order valence-corrected chi connectivity index (χ2v) is 12.2. The van der Waals surface area contributed by atoms with Gasteiger partial charge in [0, 0.05) is 32.2 Å². The normalized spacial score (nSPS) is 12.7. The molecular weight excluding hydrogens is 625 g/mol. The van der Waals surface area contributed by atoms with Crippen LogP contribution in [0.2, 0.25) is 5.02 Å². The molecular formula is C34H38ClF3N2O6. The summed E-state index contributed by atoms with van der Waals surface area (Å²) >= 11 is 6.06. The van der Waals surface area contributed by atoms with Gasteiger partial charge in [-0.1, -0.05) is 66.2 Å². The quantitative estimate of drug-likeness (QED) is 0.185. The Hall–Kier alpha value is -3.96. The molecule has 0 radical (unpaired) electrons. The molecule has 3 aromatic rings. The van der Waals surface area contributed by atoms with Crippen molar-refractivity contribution in [2.75, 3.05) is 32.9 Å². The maximum Gasteiger partial charge on any atom is 0.573 e. The van der Waals surface area contributed by atoms with Gasteiger partial charge in [-0.3, -0.25) is 0 Å². The molecule has 12 heteroatoms. The fourth-order valence-corrected chi connectivity index (χ4v) is 5.34. The van der Waals surface area contributed by atoms with Crippen molar-refractivity contribution in [1.82, 2.24) is 10.2 Å². The number of halogens is 4. The second kappa shape index (κ2) is 15.6. The molecule has 1 aliphatic rings. The molecule has 0 saturated heterocycles. The summed E-state index contributed by atoms with van der Waals surface area (Å²) in [5, 5.41) is 2.46. The van der Waals surface area contributed by atoms with E-state index in [9.17, 15) is 22.8 Å². The highest BCUT2D eigenvalue weighted by Crippen LogP contribution is 2.44. The molecule has 0 aromatic heterocycles. The van der Waals surface area contributed by atoms with Gasteiger partial charge in [0.25, 0.3) is 0 Å². The Balaban J connectivity index is 1.35. The third-order valence-electron chi connectivity index (χ3n) is 7.08. The average molecular weight is 663 g/mol. The van der Waals surface area contributed by atoms with Crippen LogP contribution in [0.15, 0.2) is 66.7 Å². The Kier molecular flexibility index (Phi) is 11.8. The molecule has 0 fully saturated rings. The molecule has 0 saturated carbocycles. The van der Waals surface area contributed by atoms with Crippen LogP contribution in [-0.2, 0) is 20.8 Å². The lowest BCUT2D eigenvalue weighted by atomic mass is 9.98. The van der Waals surface area contributed by atoms with Crippen molar-refractivity contribution in [3.8, 4) is 16.9 Å². The summed E-state index contributed by atoms with van der Waals surface area (Å²) in [4.78, 5) is 26.6. The van der Waals surface area contributed by atoms with E-state index in [4.69, 9.17) is 25.8 Å². The monoisotopic (exact) mass is 662 g/mol. The molecule has 0 unspecified atom stereocenters. The van der Waals surface area contributed by atoms with E-state index < -0.39 is 29.9 Å². The Bertz CT molecular complexity index is 1450. The Morgan fingerprint density at radius 1 is 0.913 bits per heavy atom. The van der Waals surface area contributed by atoms with E-state index in [-0.39, 0.29) is 37.2 Å². The number of hydrogen-bond donors (Lipinski definition) is 1. The first-order chi connectivity index (χ1) is 21.8. The number of hydrogen-bond acceptors (Lipinski definition) is 6. The maximum absolute atomic E-state index is 13.4. The minimum atomic E-state index is -4.89. The van der Waals surface area contributed by atoms with Crippen molar-refractivity contribution < 1.29 is 41.7 Å². The molecule has 0 spiro atoms. The number of fused-ring (bicyclic) bond motifs is 3. The number of nitrogens with one attached hydrogen (secondary N) is 1. The van der Waals surface area contributed by atoms with Crippen LogP contribution in [0.5, 0.6) is 5.75 Å². The zero-order valence-electron chi connectivity index (χ0n) is 26.0. The van der Waals surface area contributed by atoms with Crippen LogP contribution in [0.3, 0.4) is 0 Å². The molecule has 0 atom stereocenters. The summed E-state index contributed by atoms with van der Waals surface area (Å²) in [5.41, 5.74) is 4.25. The minimum Gasteiger partial charge on any atom is -0.448 e. The lowest BCUT2D eigenvalue weighted by Crippen LogP contribution is -2.35. The first kappa shape index (κ1) is 34.9. The van der Waals surface area contributed by atoms with Crippen LogP contribution in [0, 0.1) is 0 Å². The van der Waals surface area contributed by atoms with Gasteiger partial charge >= 0.3 is 18.5 Å². The van der Waals surface area contributed by atoms with E-state index in [1.54, 1.807) is 20.8 Å². The Labute approximate surface area is 271 Å².